The SMILES string of the molecule is OC1C[C@H](F)[C@@H](COC(c2ccccc2)(c2ccccc2)c2ccccc2)O1. The van der Waals surface area contributed by atoms with Gasteiger partial charge in [0.15, 0.2) is 6.29 Å². The number of ether oxygens (including phenoxy) is 2. The van der Waals surface area contributed by atoms with Crippen molar-refractivity contribution in [2.75, 3.05) is 6.61 Å². The number of benzene rings is 3. The van der Waals surface area contributed by atoms with Gasteiger partial charge in [0, 0.05) is 6.42 Å². The van der Waals surface area contributed by atoms with Crippen molar-refractivity contribution in [2.24, 2.45) is 0 Å². The van der Waals surface area contributed by atoms with E-state index in [0.717, 1.165) is 16.7 Å². The van der Waals surface area contributed by atoms with Crippen molar-refractivity contribution in [1.82, 2.24) is 0 Å². The molecule has 4 rings (SSSR count). The summed E-state index contributed by atoms with van der Waals surface area (Å²) < 4.78 is 26.1. The molecule has 1 heterocycles. The zero-order valence-electron chi connectivity index (χ0n) is 15.4. The van der Waals surface area contributed by atoms with Gasteiger partial charge in [-0.25, -0.2) is 4.39 Å². The number of hydrogen-bond acceptors (Lipinski definition) is 3. The molecule has 3 aromatic rings. The Kier molecular flexibility index (Phi) is 5.53. The summed E-state index contributed by atoms with van der Waals surface area (Å²) >= 11 is 0. The van der Waals surface area contributed by atoms with E-state index in [9.17, 15) is 9.50 Å². The maximum atomic E-state index is 14.3. The second-order valence-electron chi connectivity index (χ2n) is 6.97. The Balaban J connectivity index is 1.81. The molecule has 0 aromatic heterocycles. The Hall–Kier alpha value is -2.53. The van der Waals surface area contributed by atoms with Crippen molar-refractivity contribution in [3.05, 3.63) is 108 Å². The molecule has 0 saturated carbocycles. The Morgan fingerprint density at radius 1 is 0.821 bits per heavy atom. The molecule has 1 aliphatic rings. The number of rotatable bonds is 6. The maximum absolute atomic E-state index is 14.3. The van der Waals surface area contributed by atoms with Gasteiger partial charge < -0.3 is 14.6 Å². The average molecular weight is 378 g/mol. The normalized spacial score (nSPS) is 22.3. The predicted octanol–water partition coefficient (Wildman–Crippen LogP) is 4.44. The lowest BCUT2D eigenvalue weighted by Crippen LogP contribution is -2.37. The van der Waals surface area contributed by atoms with Crippen LogP contribution in [-0.2, 0) is 15.1 Å². The van der Waals surface area contributed by atoms with E-state index in [2.05, 4.69) is 0 Å². The van der Waals surface area contributed by atoms with Crippen LogP contribution in [0.4, 0.5) is 4.39 Å². The molecule has 0 spiro atoms. The van der Waals surface area contributed by atoms with Crippen molar-refractivity contribution < 1.29 is 19.0 Å². The van der Waals surface area contributed by atoms with E-state index in [0.29, 0.717) is 0 Å². The monoisotopic (exact) mass is 378 g/mol. The third-order valence-corrected chi connectivity index (χ3v) is 5.17. The van der Waals surface area contributed by atoms with Crippen LogP contribution in [0, 0.1) is 0 Å². The molecule has 3 nitrogen and oxygen atoms in total. The average Bonchev–Trinajstić information content (AvgIpc) is 3.08. The van der Waals surface area contributed by atoms with E-state index in [1.165, 1.54) is 0 Å². The summed E-state index contributed by atoms with van der Waals surface area (Å²) in [6.07, 6.45) is -3.16. The second-order valence-corrected chi connectivity index (χ2v) is 6.97. The Bertz CT molecular complexity index is 773. The van der Waals surface area contributed by atoms with Gasteiger partial charge in [0.25, 0.3) is 0 Å². The summed E-state index contributed by atoms with van der Waals surface area (Å²) in [7, 11) is 0. The lowest BCUT2D eigenvalue weighted by Gasteiger charge is -2.36. The first kappa shape index (κ1) is 18.8. The molecule has 0 radical (unpaired) electrons. The maximum Gasteiger partial charge on any atom is 0.158 e. The van der Waals surface area contributed by atoms with Crippen LogP contribution in [-0.4, -0.2) is 30.3 Å². The Morgan fingerprint density at radius 3 is 1.61 bits per heavy atom. The molecule has 1 unspecified atom stereocenters. The van der Waals surface area contributed by atoms with Crippen molar-refractivity contribution >= 4 is 0 Å². The minimum atomic E-state index is -1.25. The van der Waals surface area contributed by atoms with E-state index in [1.807, 2.05) is 91.0 Å². The van der Waals surface area contributed by atoms with E-state index in [4.69, 9.17) is 9.47 Å². The first-order chi connectivity index (χ1) is 13.7. The highest BCUT2D eigenvalue weighted by Crippen LogP contribution is 2.41. The molecule has 3 atom stereocenters. The Morgan fingerprint density at radius 2 is 1.25 bits per heavy atom. The highest BCUT2D eigenvalue weighted by atomic mass is 19.1. The molecule has 1 N–H and O–H groups in total. The number of alkyl halides is 1. The summed E-state index contributed by atoms with van der Waals surface area (Å²) in [6, 6.07) is 29.7. The fraction of sp³-hybridized carbons (Fsp3) is 0.250. The minimum absolute atomic E-state index is 0.0247. The third kappa shape index (κ3) is 3.59. The van der Waals surface area contributed by atoms with Crippen LogP contribution < -0.4 is 0 Å². The van der Waals surface area contributed by atoms with E-state index in [-0.39, 0.29) is 13.0 Å². The molecule has 1 aliphatic heterocycles. The lowest BCUT2D eigenvalue weighted by atomic mass is 9.80. The zero-order valence-corrected chi connectivity index (χ0v) is 15.4. The largest absolute Gasteiger partial charge is 0.368 e. The number of halogens is 1. The molecule has 0 aliphatic carbocycles. The van der Waals surface area contributed by atoms with Crippen LogP contribution in [0.3, 0.4) is 0 Å². The summed E-state index contributed by atoms with van der Waals surface area (Å²) in [4.78, 5) is 0. The summed E-state index contributed by atoms with van der Waals surface area (Å²) in [5.74, 6) is 0. The molecule has 0 bridgehead atoms. The summed E-state index contributed by atoms with van der Waals surface area (Å²) in [6.45, 7) is 0.0247. The van der Waals surface area contributed by atoms with E-state index >= 15 is 0 Å². The van der Waals surface area contributed by atoms with Crippen molar-refractivity contribution in [2.45, 2.75) is 30.6 Å². The second kappa shape index (κ2) is 8.23. The van der Waals surface area contributed by atoms with Crippen molar-refractivity contribution in [3.63, 3.8) is 0 Å². The molecule has 1 fully saturated rings. The fourth-order valence-corrected chi connectivity index (χ4v) is 3.81. The minimum Gasteiger partial charge on any atom is -0.368 e. The topological polar surface area (TPSA) is 38.7 Å². The molecule has 1 saturated heterocycles. The van der Waals surface area contributed by atoms with E-state index < -0.39 is 24.2 Å². The van der Waals surface area contributed by atoms with E-state index in [1.54, 1.807) is 0 Å². The van der Waals surface area contributed by atoms with Crippen LogP contribution in [0.1, 0.15) is 23.1 Å². The van der Waals surface area contributed by atoms with Crippen LogP contribution in [0.15, 0.2) is 91.0 Å². The van der Waals surface area contributed by atoms with Gasteiger partial charge >= 0.3 is 0 Å². The molecule has 4 heteroatoms. The predicted molar refractivity (Wildman–Crippen MR) is 106 cm³/mol. The van der Waals surface area contributed by atoms with Crippen LogP contribution >= 0.6 is 0 Å². The fourth-order valence-electron chi connectivity index (χ4n) is 3.81. The summed E-state index contributed by atoms with van der Waals surface area (Å²) in [5, 5.41) is 9.63. The van der Waals surface area contributed by atoms with Gasteiger partial charge in [0.2, 0.25) is 0 Å². The van der Waals surface area contributed by atoms with Gasteiger partial charge in [-0.15, -0.1) is 0 Å². The standard InChI is InChI=1S/C24H23FO3/c25-21-16-23(26)28-22(21)17-27-24(18-10-4-1-5-11-18,19-12-6-2-7-13-19)20-14-8-3-9-15-20/h1-15,21-23,26H,16-17H2/t21-,22+,23?/m0/s1. The van der Waals surface area contributed by atoms with Crippen LogP contribution in [0.25, 0.3) is 0 Å². The third-order valence-electron chi connectivity index (χ3n) is 5.17. The van der Waals surface area contributed by atoms with Crippen molar-refractivity contribution in [3.8, 4) is 0 Å². The Labute approximate surface area is 164 Å². The highest BCUT2D eigenvalue weighted by molar-refractivity contribution is 5.47. The van der Waals surface area contributed by atoms with Crippen LogP contribution in [0.2, 0.25) is 0 Å². The molecular formula is C24H23FO3. The quantitative estimate of drug-likeness (QED) is 0.645. The molecule has 0 amide bonds. The number of hydrogen-bond donors (Lipinski definition) is 1. The highest BCUT2D eigenvalue weighted by Gasteiger charge is 2.41. The summed E-state index contributed by atoms with van der Waals surface area (Å²) in [5.41, 5.74) is 1.92. The van der Waals surface area contributed by atoms with Gasteiger partial charge in [0.1, 0.15) is 17.9 Å². The molecule has 28 heavy (non-hydrogen) atoms. The van der Waals surface area contributed by atoms with Gasteiger partial charge in [-0.1, -0.05) is 91.0 Å². The van der Waals surface area contributed by atoms with Crippen molar-refractivity contribution in [1.29, 1.82) is 0 Å². The molecule has 3 aromatic carbocycles. The van der Waals surface area contributed by atoms with Gasteiger partial charge in [-0.2, -0.15) is 0 Å². The number of aliphatic hydroxyl groups is 1. The van der Waals surface area contributed by atoms with Gasteiger partial charge in [-0.05, 0) is 16.7 Å². The first-order valence-electron chi connectivity index (χ1n) is 9.48. The van der Waals surface area contributed by atoms with Crippen LogP contribution in [0.5, 0.6) is 0 Å². The van der Waals surface area contributed by atoms with Gasteiger partial charge in [-0.3, -0.25) is 0 Å². The first-order valence-corrected chi connectivity index (χ1v) is 9.48. The molecule has 144 valence electrons. The zero-order chi connectivity index (χ0) is 19.4. The lowest BCUT2D eigenvalue weighted by molar-refractivity contribution is -0.127. The smallest absolute Gasteiger partial charge is 0.158 e. The van der Waals surface area contributed by atoms with Gasteiger partial charge in [0.05, 0.1) is 6.61 Å². The number of aliphatic hydroxyl groups excluding tert-OH is 1. The molecular weight excluding hydrogens is 355 g/mol.